The van der Waals surface area contributed by atoms with Crippen molar-refractivity contribution >= 4 is 17.5 Å². The van der Waals surface area contributed by atoms with Crippen LogP contribution >= 0.6 is 11.6 Å². The van der Waals surface area contributed by atoms with Gasteiger partial charge in [-0.25, -0.2) is 9.36 Å². The molecule has 1 saturated carbocycles. The fraction of sp³-hybridized carbons (Fsp3) is 0.381. The molecule has 0 bridgehead atoms. The molecule has 0 aliphatic heterocycles. The molecule has 1 aromatic carbocycles. The van der Waals surface area contributed by atoms with Crippen molar-refractivity contribution in [2.75, 3.05) is 0 Å². The van der Waals surface area contributed by atoms with Crippen LogP contribution < -0.4 is 5.32 Å². The number of hydrogen-bond donors (Lipinski definition) is 1. The van der Waals surface area contributed by atoms with E-state index in [-0.39, 0.29) is 22.2 Å². The van der Waals surface area contributed by atoms with Gasteiger partial charge in [0.05, 0.1) is 16.8 Å². The molecule has 1 aliphatic carbocycles. The van der Waals surface area contributed by atoms with E-state index in [1.165, 1.54) is 25.1 Å². The third-order valence-electron chi connectivity index (χ3n) is 5.42. The molecule has 36 heavy (non-hydrogen) atoms. The van der Waals surface area contributed by atoms with Gasteiger partial charge < -0.3 is 5.32 Å². The minimum Gasteiger partial charge on any atom is -0.349 e. The number of carbonyl (C=O) groups is 1. The molecule has 1 amide bonds. The first-order valence-electron chi connectivity index (χ1n) is 10.4. The van der Waals surface area contributed by atoms with E-state index in [0.29, 0.717) is 14.9 Å². The second-order valence-corrected chi connectivity index (χ2v) is 8.46. The molecule has 194 valence electrons. The third kappa shape index (κ3) is 4.65. The average molecular weight is 542 g/mol. The van der Waals surface area contributed by atoms with Crippen molar-refractivity contribution in [2.24, 2.45) is 0 Å². The number of hydrogen-bond acceptors (Lipinski definition) is 3. The van der Waals surface area contributed by atoms with Crippen molar-refractivity contribution in [2.45, 2.75) is 50.6 Å². The second kappa shape index (κ2) is 8.75. The van der Waals surface area contributed by atoms with E-state index in [2.05, 4.69) is 15.5 Å². The lowest BCUT2D eigenvalue weighted by Gasteiger charge is -2.19. The third-order valence-corrected chi connectivity index (χ3v) is 5.75. The van der Waals surface area contributed by atoms with Crippen LogP contribution in [0.2, 0.25) is 5.02 Å². The fourth-order valence-electron chi connectivity index (χ4n) is 3.48. The maximum absolute atomic E-state index is 14.0. The lowest BCUT2D eigenvalue weighted by Crippen LogP contribution is -2.36. The van der Waals surface area contributed by atoms with Crippen LogP contribution in [0.15, 0.2) is 30.6 Å². The molecule has 15 heteroatoms. The normalized spacial score (nSPS) is 14.8. The maximum atomic E-state index is 14.0. The van der Waals surface area contributed by atoms with Gasteiger partial charge in [0.1, 0.15) is 5.56 Å². The zero-order valence-electron chi connectivity index (χ0n) is 18.2. The first-order valence-corrected chi connectivity index (χ1v) is 10.8. The van der Waals surface area contributed by atoms with E-state index in [4.69, 9.17) is 11.6 Å². The minimum atomic E-state index is -6.31. The van der Waals surface area contributed by atoms with Gasteiger partial charge in [0, 0.05) is 24.3 Å². The molecule has 1 fully saturated rings. The molecule has 2 aromatic heterocycles. The zero-order chi connectivity index (χ0) is 26.6. The Labute approximate surface area is 202 Å². The molecule has 2 heterocycles. The highest BCUT2D eigenvalue weighted by Gasteiger charge is 2.64. The standard InChI is InChI=1S/C21H16ClF8N5O/c1-2-34-18(15(20(25,26)27)16(33-34)19(23,24)21(28,29)30)35-9-11(8-31-35)10-3-6-14(22)13(7-10)17(36)32-12-4-5-12/h3,6-9,12H,2,4-5H2,1H3,(H,32,36). The highest BCUT2D eigenvalue weighted by molar-refractivity contribution is 6.34. The van der Waals surface area contributed by atoms with Gasteiger partial charge in [-0.15, -0.1) is 0 Å². The Morgan fingerprint density at radius 2 is 1.78 bits per heavy atom. The van der Waals surface area contributed by atoms with Crippen molar-refractivity contribution in [3.63, 3.8) is 0 Å². The Hall–Kier alpha value is -3.16. The first-order chi connectivity index (χ1) is 16.6. The molecule has 0 spiro atoms. The van der Waals surface area contributed by atoms with Gasteiger partial charge in [-0.05, 0) is 37.5 Å². The van der Waals surface area contributed by atoms with Crippen molar-refractivity contribution in [1.29, 1.82) is 0 Å². The van der Waals surface area contributed by atoms with E-state index in [1.807, 2.05) is 0 Å². The minimum absolute atomic E-state index is 0.0270. The van der Waals surface area contributed by atoms with Gasteiger partial charge in [-0.3, -0.25) is 4.79 Å². The largest absolute Gasteiger partial charge is 0.459 e. The van der Waals surface area contributed by atoms with Gasteiger partial charge in [0.15, 0.2) is 11.5 Å². The highest BCUT2D eigenvalue weighted by atomic mass is 35.5. The summed E-state index contributed by atoms with van der Waals surface area (Å²) in [4.78, 5) is 12.4. The topological polar surface area (TPSA) is 64.7 Å². The quantitative estimate of drug-likeness (QED) is 0.391. The summed E-state index contributed by atoms with van der Waals surface area (Å²) in [5, 5.41) is 9.59. The summed E-state index contributed by atoms with van der Waals surface area (Å²) in [6.07, 6.45) is -8.23. The maximum Gasteiger partial charge on any atom is 0.459 e. The Morgan fingerprint density at radius 3 is 2.33 bits per heavy atom. The smallest absolute Gasteiger partial charge is 0.349 e. The van der Waals surface area contributed by atoms with Crippen LogP contribution in [-0.2, 0) is 18.6 Å². The number of nitrogens with zero attached hydrogens (tertiary/aromatic N) is 4. The van der Waals surface area contributed by atoms with E-state index >= 15 is 0 Å². The summed E-state index contributed by atoms with van der Waals surface area (Å²) >= 11 is 6.10. The Bertz CT molecular complexity index is 1310. The molecule has 3 aromatic rings. The second-order valence-electron chi connectivity index (χ2n) is 8.05. The van der Waals surface area contributed by atoms with Crippen LogP contribution in [0.4, 0.5) is 35.1 Å². The molecule has 0 radical (unpaired) electrons. The SMILES string of the molecule is CCn1nc(C(F)(F)C(F)(F)F)c(C(F)(F)F)c1-n1cc(-c2ccc(Cl)c(C(=O)NC3CC3)c2)cn1. The van der Waals surface area contributed by atoms with E-state index in [9.17, 15) is 39.9 Å². The van der Waals surface area contributed by atoms with Crippen molar-refractivity contribution in [3.05, 3.63) is 52.4 Å². The van der Waals surface area contributed by atoms with Crippen LogP contribution in [0.5, 0.6) is 0 Å². The predicted molar refractivity (Wildman–Crippen MR) is 111 cm³/mol. The Balaban J connectivity index is 1.82. The number of nitrogens with one attached hydrogen (secondary N) is 1. The predicted octanol–water partition coefficient (Wildman–Crippen LogP) is 5.97. The number of amides is 1. The summed E-state index contributed by atoms with van der Waals surface area (Å²) in [5.74, 6) is -7.45. The number of halogens is 9. The van der Waals surface area contributed by atoms with Crippen molar-refractivity contribution < 1.29 is 39.9 Å². The van der Waals surface area contributed by atoms with Crippen molar-refractivity contribution in [1.82, 2.24) is 24.9 Å². The first kappa shape index (κ1) is 25.9. The number of alkyl halides is 8. The molecule has 0 saturated heterocycles. The molecule has 1 N–H and O–H groups in total. The molecule has 1 aliphatic rings. The van der Waals surface area contributed by atoms with Crippen molar-refractivity contribution in [3.8, 4) is 16.9 Å². The number of aromatic nitrogens is 4. The fourth-order valence-corrected chi connectivity index (χ4v) is 3.68. The number of rotatable bonds is 6. The lowest BCUT2D eigenvalue weighted by molar-refractivity contribution is -0.292. The lowest BCUT2D eigenvalue weighted by atomic mass is 10.1. The Kier molecular flexibility index (Phi) is 6.30. The van der Waals surface area contributed by atoms with Gasteiger partial charge in [0.2, 0.25) is 0 Å². The molecular weight excluding hydrogens is 526 g/mol. The molecular formula is C21H16ClF8N5O. The zero-order valence-corrected chi connectivity index (χ0v) is 18.9. The highest BCUT2D eigenvalue weighted by Crippen LogP contribution is 2.49. The summed E-state index contributed by atoms with van der Waals surface area (Å²) in [5.41, 5.74) is -4.20. The van der Waals surface area contributed by atoms with Gasteiger partial charge >= 0.3 is 18.3 Å². The van der Waals surface area contributed by atoms with Crippen LogP contribution in [-0.4, -0.2) is 37.7 Å². The number of benzene rings is 1. The van der Waals surface area contributed by atoms with Gasteiger partial charge in [-0.1, -0.05) is 17.7 Å². The van der Waals surface area contributed by atoms with E-state index < -0.39 is 47.8 Å². The average Bonchev–Trinajstić information content (AvgIpc) is 3.29. The van der Waals surface area contributed by atoms with Crippen LogP contribution in [0.3, 0.4) is 0 Å². The molecule has 4 rings (SSSR count). The summed E-state index contributed by atoms with van der Waals surface area (Å²) in [6, 6.07) is 4.23. The van der Waals surface area contributed by atoms with Crippen LogP contribution in [0.25, 0.3) is 16.9 Å². The van der Waals surface area contributed by atoms with Crippen LogP contribution in [0, 0.1) is 0 Å². The van der Waals surface area contributed by atoms with E-state index in [1.54, 1.807) is 0 Å². The van der Waals surface area contributed by atoms with Crippen LogP contribution in [0.1, 0.15) is 41.4 Å². The molecule has 0 unspecified atom stereocenters. The molecule has 6 nitrogen and oxygen atoms in total. The summed E-state index contributed by atoms with van der Waals surface area (Å²) < 4.78 is 109. The number of aryl methyl sites for hydroxylation is 1. The Morgan fingerprint density at radius 1 is 1.11 bits per heavy atom. The van der Waals surface area contributed by atoms with Gasteiger partial charge in [0.25, 0.3) is 5.91 Å². The van der Waals surface area contributed by atoms with E-state index in [0.717, 1.165) is 25.2 Å². The summed E-state index contributed by atoms with van der Waals surface area (Å²) in [6.45, 7) is 0.758. The summed E-state index contributed by atoms with van der Waals surface area (Å²) in [7, 11) is 0. The van der Waals surface area contributed by atoms with Gasteiger partial charge in [-0.2, -0.15) is 45.3 Å². The monoisotopic (exact) mass is 541 g/mol. The number of carbonyl (C=O) groups excluding carboxylic acids is 1. The molecule has 0 atom stereocenters.